The van der Waals surface area contributed by atoms with Gasteiger partial charge < -0.3 is 4.57 Å². The van der Waals surface area contributed by atoms with Gasteiger partial charge in [-0.2, -0.15) is 0 Å². The van der Waals surface area contributed by atoms with Gasteiger partial charge in [0.25, 0.3) is 0 Å². The molecule has 2 heteroatoms. The van der Waals surface area contributed by atoms with Crippen molar-refractivity contribution in [2.45, 2.75) is 59.9 Å². The number of hydrogen-bond acceptors (Lipinski definition) is 1. The second-order valence-corrected chi connectivity index (χ2v) is 5.78. The number of hydrogen-bond donors (Lipinski definition) is 0. The first kappa shape index (κ1) is 14.8. The molecule has 0 N–H and O–H groups in total. The highest BCUT2D eigenvalue weighted by Gasteiger charge is 2.11. The second kappa shape index (κ2) is 6.74. The second-order valence-electron chi connectivity index (χ2n) is 5.78. The van der Waals surface area contributed by atoms with Crippen molar-refractivity contribution in [2.75, 3.05) is 0 Å². The van der Waals surface area contributed by atoms with Gasteiger partial charge in [-0.05, 0) is 38.3 Å². The summed E-state index contributed by atoms with van der Waals surface area (Å²) in [6.45, 7) is 9.85. The maximum absolute atomic E-state index is 4.60. The highest BCUT2D eigenvalue weighted by Crippen LogP contribution is 2.27. The van der Waals surface area contributed by atoms with Gasteiger partial charge in [-0.1, -0.05) is 43.9 Å². The summed E-state index contributed by atoms with van der Waals surface area (Å²) in [5.41, 5.74) is 5.27. The molecule has 0 saturated carbocycles. The molecule has 0 unspecified atom stereocenters. The largest absolute Gasteiger partial charge is 0.331 e. The van der Waals surface area contributed by atoms with E-state index in [1.807, 2.05) is 6.20 Å². The van der Waals surface area contributed by atoms with Crippen molar-refractivity contribution in [3.05, 3.63) is 41.2 Å². The predicted octanol–water partition coefficient (Wildman–Crippen LogP) is 5.06. The van der Waals surface area contributed by atoms with Crippen molar-refractivity contribution >= 4 is 0 Å². The zero-order valence-electron chi connectivity index (χ0n) is 13.2. The van der Waals surface area contributed by atoms with Crippen molar-refractivity contribution in [3.8, 4) is 11.4 Å². The van der Waals surface area contributed by atoms with Crippen LogP contribution >= 0.6 is 0 Å². The van der Waals surface area contributed by atoms with E-state index in [1.54, 1.807) is 0 Å². The molecule has 1 aromatic heterocycles. The Morgan fingerprint density at radius 3 is 2.35 bits per heavy atom. The molecule has 0 saturated heterocycles. The molecule has 108 valence electrons. The number of imidazole rings is 1. The maximum atomic E-state index is 4.60. The van der Waals surface area contributed by atoms with Gasteiger partial charge in [0.05, 0.1) is 0 Å². The first-order chi connectivity index (χ1) is 9.63. The third-order valence-electron chi connectivity index (χ3n) is 3.87. The lowest BCUT2D eigenvalue weighted by molar-refractivity contribution is 0.585. The zero-order valence-corrected chi connectivity index (χ0v) is 13.2. The summed E-state index contributed by atoms with van der Waals surface area (Å²) in [4.78, 5) is 4.60. The molecule has 0 radical (unpaired) electrons. The van der Waals surface area contributed by atoms with Gasteiger partial charge in [-0.3, -0.25) is 0 Å². The lowest BCUT2D eigenvalue weighted by atomic mass is 9.99. The Morgan fingerprint density at radius 2 is 1.70 bits per heavy atom. The first-order valence-electron chi connectivity index (χ1n) is 7.72. The Labute approximate surface area is 122 Å². The molecule has 2 aromatic rings. The average molecular weight is 270 g/mol. The number of unbranched alkanes of at least 4 members (excludes halogenated alkanes) is 3. The van der Waals surface area contributed by atoms with E-state index in [1.165, 1.54) is 47.9 Å². The van der Waals surface area contributed by atoms with Gasteiger partial charge in [0.1, 0.15) is 5.82 Å². The SMILES string of the molecule is CCCCCCn1ccnc1-c1c(C)cc(C)cc1C. The molecule has 0 aliphatic carbocycles. The van der Waals surface area contributed by atoms with Crippen LogP contribution in [0.5, 0.6) is 0 Å². The predicted molar refractivity (Wildman–Crippen MR) is 86.0 cm³/mol. The highest BCUT2D eigenvalue weighted by atomic mass is 15.1. The molecule has 20 heavy (non-hydrogen) atoms. The summed E-state index contributed by atoms with van der Waals surface area (Å²) in [7, 11) is 0. The Morgan fingerprint density at radius 1 is 1.00 bits per heavy atom. The standard InChI is InChI=1S/C18H26N2/c1-5-6-7-8-10-20-11-9-19-18(20)17-15(3)12-14(2)13-16(17)4/h9,11-13H,5-8,10H2,1-4H3. The summed E-state index contributed by atoms with van der Waals surface area (Å²) in [6, 6.07) is 4.50. The van der Waals surface area contributed by atoms with Gasteiger partial charge in [0, 0.05) is 24.5 Å². The van der Waals surface area contributed by atoms with E-state index in [9.17, 15) is 0 Å². The fourth-order valence-corrected chi connectivity index (χ4v) is 2.96. The van der Waals surface area contributed by atoms with Crippen LogP contribution < -0.4 is 0 Å². The molecule has 2 nitrogen and oxygen atoms in total. The van der Waals surface area contributed by atoms with E-state index in [-0.39, 0.29) is 0 Å². The van der Waals surface area contributed by atoms with E-state index in [2.05, 4.69) is 55.6 Å². The van der Waals surface area contributed by atoms with Gasteiger partial charge in [0.15, 0.2) is 0 Å². The van der Waals surface area contributed by atoms with E-state index >= 15 is 0 Å². The number of aryl methyl sites for hydroxylation is 4. The maximum Gasteiger partial charge on any atom is 0.140 e. The fraction of sp³-hybridized carbons (Fsp3) is 0.500. The molecular weight excluding hydrogens is 244 g/mol. The Hall–Kier alpha value is -1.57. The summed E-state index contributed by atoms with van der Waals surface area (Å²) in [5, 5.41) is 0. The summed E-state index contributed by atoms with van der Waals surface area (Å²) in [6.07, 6.45) is 9.19. The lowest BCUT2D eigenvalue weighted by Crippen LogP contribution is -2.02. The Balaban J connectivity index is 2.24. The molecule has 0 amide bonds. The van der Waals surface area contributed by atoms with Crippen molar-refractivity contribution in [2.24, 2.45) is 0 Å². The number of nitrogens with zero attached hydrogens (tertiary/aromatic N) is 2. The monoisotopic (exact) mass is 270 g/mol. The third-order valence-corrected chi connectivity index (χ3v) is 3.87. The van der Waals surface area contributed by atoms with Crippen LogP contribution in [0.4, 0.5) is 0 Å². The van der Waals surface area contributed by atoms with Crippen LogP contribution in [0.15, 0.2) is 24.5 Å². The first-order valence-corrected chi connectivity index (χ1v) is 7.72. The van der Waals surface area contributed by atoms with Crippen LogP contribution in [0.1, 0.15) is 49.3 Å². The molecular formula is C18H26N2. The summed E-state index contributed by atoms with van der Waals surface area (Å²) >= 11 is 0. The molecule has 1 heterocycles. The van der Waals surface area contributed by atoms with E-state index in [4.69, 9.17) is 0 Å². The smallest absolute Gasteiger partial charge is 0.140 e. The topological polar surface area (TPSA) is 17.8 Å². The van der Waals surface area contributed by atoms with Crippen LogP contribution in [0.25, 0.3) is 11.4 Å². The van der Waals surface area contributed by atoms with Crippen LogP contribution in [-0.4, -0.2) is 9.55 Å². The minimum Gasteiger partial charge on any atom is -0.331 e. The van der Waals surface area contributed by atoms with E-state index in [0.717, 1.165) is 12.4 Å². The van der Waals surface area contributed by atoms with E-state index < -0.39 is 0 Å². The Bertz CT molecular complexity index is 544. The number of aromatic nitrogens is 2. The normalized spacial score (nSPS) is 11.0. The number of benzene rings is 1. The average Bonchev–Trinajstić information content (AvgIpc) is 2.82. The summed E-state index contributed by atoms with van der Waals surface area (Å²) < 4.78 is 2.31. The lowest BCUT2D eigenvalue weighted by Gasteiger charge is -2.13. The highest BCUT2D eigenvalue weighted by molar-refractivity contribution is 5.65. The van der Waals surface area contributed by atoms with Gasteiger partial charge in [0.2, 0.25) is 0 Å². The molecule has 2 rings (SSSR count). The van der Waals surface area contributed by atoms with Crippen LogP contribution in [0.3, 0.4) is 0 Å². The third kappa shape index (κ3) is 3.30. The zero-order chi connectivity index (χ0) is 14.5. The van der Waals surface area contributed by atoms with Crippen molar-refractivity contribution in [1.29, 1.82) is 0 Å². The van der Waals surface area contributed by atoms with E-state index in [0.29, 0.717) is 0 Å². The van der Waals surface area contributed by atoms with Crippen molar-refractivity contribution in [3.63, 3.8) is 0 Å². The van der Waals surface area contributed by atoms with Gasteiger partial charge >= 0.3 is 0 Å². The van der Waals surface area contributed by atoms with Crippen LogP contribution in [0.2, 0.25) is 0 Å². The fourth-order valence-electron chi connectivity index (χ4n) is 2.96. The molecule has 1 aromatic carbocycles. The molecule has 0 aliphatic rings. The Kier molecular flexibility index (Phi) is 4.99. The molecule has 0 atom stereocenters. The van der Waals surface area contributed by atoms with Crippen LogP contribution in [-0.2, 0) is 6.54 Å². The van der Waals surface area contributed by atoms with Gasteiger partial charge in [-0.25, -0.2) is 4.98 Å². The molecule has 0 fully saturated rings. The minimum absolute atomic E-state index is 1.07. The molecule has 0 aliphatic heterocycles. The van der Waals surface area contributed by atoms with Crippen molar-refractivity contribution in [1.82, 2.24) is 9.55 Å². The quantitative estimate of drug-likeness (QED) is 0.671. The van der Waals surface area contributed by atoms with Crippen LogP contribution in [0, 0.1) is 20.8 Å². The molecule has 0 bridgehead atoms. The minimum atomic E-state index is 1.07. The molecule has 0 spiro atoms. The van der Waals surface area contributed by atoms with Gasteiger partial charge in [-0.15, -0.1) is 0 Å². The number of rotatable bonds is 6. The van der Waals surface area contributed by atoms with Crippen molar-refractivity contribution < 1.29 is 0 Å². The summed E-state index contributed by atoms with van der Waals surface area (Å²) in [5.74, 6) is 1.12.